The summed E-state index contributed by atoms with van der Waals surface area (Å²) in [5, 5.41) is 5.10. The lowest BCUT2D eigenvalue weighted by Gasteiger charge is -2.72. The standard InChI is InChI=1S/C37H56N2O4/c1-10-39-21-25-20-33(6)28(34(7,31(25)38-39)22-43-24(5)40)15-16-36(9)29(33)13-12-27-30-26(23(3)4)14-17-37(30,32(41)42-11-2)19-18-35(27,36)8/h21,26-30H,3,10-20,22H2,1-2,4-9H3/t26-,27+,28+,29+,30+,33-,34-,35+,36+,37-/m0/s1. The minimum atomic E-state index is -0.356. The number of allylic oxidation sites excluding steroid dienone is 1. The Morgan fingerprint density at radius 2 is 1.70 bits per heavy atom. The van der Waals surface area contributed by atoms with Crippen LogP contribution in [0.1, 0.15) is 118 Å². The van der Waals surface area contributed by atoms with Crippen molar-refractivity contribution >= 4 is 11.9 Å². The van der Waals surface area contributed by atoms with Crippen molar-refractivity contribution in [3.63, 3.8) is 0 Å². The summed E-state index contributed by atoms with van der Waals surface area (Å²) < 4.78 is 13.8. The van der Waals surface area contributed by atoms with Gasteiger partial charge in [0.1, 0.15) is 6.61 Å². The summed E-state index contributed by atoms with van der Waals surface area (Å²) in [5.41, 5.74) is 3.44. The molecule has 0 spiro atoms. The molecule has 0 aliphatic heterocycles. The predicted molar refractivity (Wildman–Crippen MR) is 168 cm³/mol. The van der Waals surface area contributed by atoms with Crippen LogP contribution in [0.2, 0.25) is 0 Å². The van der Waals surface area contributed by atoms with E-state index >= 15 is 0 Å². The van der Waals surface area contributed by atoms with E-state index in [0.29, 0.717) is 42.8 Å². The van der Waals surface area contributed by atoms with Crippen LogP contribution in [0, 0.1) is 51.2 Å². The average Bonchev–Trinajstić information content (AvgIpc) is 3.55. The van der Waals surface area contributed by atoms with Gasteiger partial charge < -0.3 is 9.47 Å². The molecule has 1 aromatic rings. The zero-order chi connectivity index (χ0) is 31.2. The van der Waals surface area contributed by atoms with Gasteiger partial charge in [0.05, 0.1) is 17.7 Å². The van der Waals surface area contributed by atoms with Gasteiger partial charge in [-0.15, -0.1) is 0 Å². The first-order valence-electron chi connectivity index (χ1n) is 17.2. The van der Waals surface area contributed by atoms with Crippen molar-refractivity contribution in [3.8, 4) is 0 Å². The molecule has 238 valence electrons. The molecule has 0 unspecified atom stereocenters. The average molecular weight is 593 g/mol. The van der Waals surface area contributed by atoms with Crippen LogP contribution in [0.5, 0.6) is 0 Å². The van der Waals surface area contributed by atoms with Crippen molar-refractivity contribution in [1.29, 1.82) is 0 Å². The summed E-state index contributed by atoms with van der Waals surface area (Å²) in [5.74, 6) is 1.99. The van der Waals surface area contributed by atoms with Gasteiger partial charge >= 0.3 is 11.9 Å². The summed E-state index contributed by atoms with van der Waals surface area (Å²) in [6, 6.07) is 0. The van der Waals surface area contributed by atoms with E-state index < -0.39 is 0 Å². The molecule has 1 aromatic heterocycles. The Hall–Kier alpha value is -2.11. The first-order valence-corrected chi connectivity index (χ1v) is 17.2. The quantitative estimate of drug-likeness (QED) is 0.250. The van der Waals surface area contributed by atoms with E-state index in [4.69, 9.17) is 14.6 Å². The molecular formula is C37H56N2O4. The number of fused-ring (bicyclic) bond motifs is 8. The van der Waals surface area contributed by atoms with E-state index in [1.165, 1.54) is 30.9 Å². The highest BCUT2D eigenvalue weighted by Gasteiger charge is 2.72. The SMILES string of the molecule is C=C(C)[C@@H]1CC[C@]2(C(=O)OCC)CC[C@]3(C)[C@H](CC[C@@H]4[C@@]5(C)Cc6cn(CC)nc6[C@@](C)(COC(C)=O)[C@@H]5CC[C@]43C)[C@@H]12. The molecule has 4 fully saturated rings. The smallest absolute Gasteiger partial charge is 0.312 e. The van der Waals surface area contributed by atoms with Gasteiger partial charge in [0.2, 0.25) is 0 Å². The summed E-state index contributed by atoms with van der Waals surface area (Å²) >= 11 is 0. The van der Waals surface area contributed by atoms with E-state index in [-0.39, 0.29) is 39.0 Å². The maximum Gasteiger partial charge on any atom is 0.312 e. The number of nitrogens with zero attached hydrogens (tertiary/aromatic N) is 2. The highest BCUT2D eigenvalue weighted by atomic mass is 16.5. The Labute approximate surface area is 259 Å². The number of ether oxygens (including phenoxy) is 2. The van der Waals surface area contributed by atoms with Gasteiger partial charge in [-0.2, -0.15) is 5.10 Å². The first-order chi connectivity index (χ1) is 20.2. The van der Waals surface area contributed by atoms with Crippen molar-refractivity contribution < 1.29 is 19.1 Å². The van der Waals surface area contributed by atoms with Crippen molar-refractivity contribution in [3.05, 3.63) is 29.6 Å². The predicted octanol–water partition coefficient (Wildman–Crippen LogP) is 7.68. The lowest BCUT2D eigenvalue weighted by molar-refractivity contribution is -0.231. The Morgan fingerprint density at radius 1 is 0.953 bits per heavy atom. The normalized spacial score (nSPS) is 44.7. The second-order valence-corrected chi connectivity index (χ2v) is 16.3. The lowest BCUT2D eigenvalue weighted by Crippen LogP contribution is -2.67. The zero-order valence-electron chi connectivity index (χ0n) is 28.2. The third kappa shape index (κ3) is 4.05. The van der Waals surface area contributed by atoms with Crippen molar-refractivity contribution in [2.75, 3.05) is 13.2 Å². The Balaban J connectivity index is 1.42. The van der Waals surface area contributed by atoms with Crippen molar-refractivity contribution in [2.45, 2.75) is 125 Å². The van der Waals surface area contributed by atoms with E-state index in [0.717, 1.165) is 57.2 Å². The molecule has 10 atom stereocenters. The monoisotopic (exact) mass is 592 g/mol. The summed E-state index contributed by atoms with van der Waals surface area (Å²) in [7, 11) is 0. The molecule has 6 heteroatoms. The molecule has 0 saturated heterocycles. The molecule has 0 N–H and O–H groups in total. The molecule has 0 aromatic carbocycles. The number of carbonyl (C=O) groups excluding carboxylic acids is 2. The molecule has 43 heavy (non-hydrogen) atoms. The molecule has 1 heterocycles. The molecular weight excluding hydrogens is 536 g/mol. The van der Waals surface area contributed by atoms with Crippen LogP contribution in [-0.4, -0.2) is 34.9 Å². The topological polar surface area (TPSA) is 70.4 Å². The van der Waals surface area contributed by atoms with E-state index in [2.05, 4.69) is 59.0 Å². The van der Waals surface area contributed by atoms with Gasteiger partial charge in [-0.25, -0.2) is 0 Å². The van der Waals surface area contributed by atoms with Crippen LogP contribution in [0.4, 0.5) is 0 Å². The largest absolute Gasteiger partial charge is 0.466 e. The van der Waals surface area contributed by atoms with Gasteiger partial charge in [0.25, 0.3) is 0 Å². The van der Waals surface area contributed by atoms with Crippen molar-refractivity contribution in [2.24, 2.45) is 51.2 Å². The number of rotatable bonds is 6. The van der Waals surface area contributed by atoms with Crippen LogP contribution in [-0.2, 0) is 37.4 Å². The maximum absolute atomic E-state index is 13.8. The molecule has 4 saturated carbocycles. The summed E-state index contributed by atoms with van der Waals surface area (Å²) in [6.07, 6.45) is 12.0. The van der Waals surface area contributed by atoms with E-state index in [9.17, 15) is 9.59 Å². The minimum absolute atomic E-state index is 0.0581. The molecule has 6 rings (SSSR count). The number of esters is 2. The highest BCUT2D eigenvalue weighted by molar-refractivity contribution is 5.78. The molecule has 5 aliphatic rings. The van der Waals surface area contributed by atoms with E-state index in [1.54, 1.807) is 0 Å². The number of aryl methyl sites for hydroxylation is 1. The fourth-order valence-electron chi connectivity index (χ4n) is 12.7. The number of carbonyl (C=O) groups is 2. The van der Waals surface area contributed by atoms with Gasteiger partial charge in [-0.1, -0.05) is 39.8 Å². The second-order valence-electron chi connectivity index (χ2n) is 16.3. The second kappa shape index (κ2) is 10.2. The fraction of sp³-hybridized carbons (Fsp3) is 0.811. The van der Waals surface area contributed by atoms with Gasteiger partial charge in [-0.3, -0.25) is 14.3 Å². The lowest BCUT2D eigenvalue weighted by atomic mass is 9.32. The number of hydrogen-bond acceptors (Lipinski definition) is 5. The zero-order valence-corrected chi connectivity index (χ0v) is 28.2. The van der Waals surface area contributed by atoms with Crippen LogP contribution in [0.3, 0.4) is 0 Å². The summed E-state index contributed by atoms with van der Waals surface area (Å²) in [4.78, 5) is 25.9. The molecule has 0 bridgehead atoms. The van der Waals surface area contributed by atoms with Crippen LogP contribution in [0.25, 0.3) is 0 Å². The minimum Gasteiger partial charge on any atom is -0.466 e. The van der Waals surface area contributed by atoms with E-state index in [1.807, 2.05) is 6.92 Å². The Kier molecular flexibility index (Phi) is 7.33. The number of aromatic nitrogens is 2. The molecule has 5 aliphatic carbocycles. The van der Waals surface area contributed by atoms with Gasteiger partial charge in [0, 0.05) is 25.1 Å². The first kappa shape index (κ1) is 30.9. The Morgan fingerprint density at radius 3 is 2.35 bits per heavy atom. The summed E-state index contributed by atoms with van der Waals surface area (Å²) in [6.45, 7) is 24.1. The van der Waals surface area contributed by atoms with Gasteiger partial charge in [0.15, 0.2) is 0 Å². The maximum atomic E-state index is 13.8. The fourth-order valence-corrected chi connectivity index (χ4v) is 12.7. The van der Waals surface area contributed by atoms with Crippen molar-refractivity contribution in [1.82, 2.24) is 9.78 Å². The number of hydrogen-bond donors (Lipinski definition) is 0. The highest BCUT2D eigenvalue weighted by Crippen LogP contribution is 2.77. The van der Waals surface area contributed by atoms with Crippen LogP contribution < -0.4 is 0 Å². The van der Waals surface area contributed by atoms with Crippen LogP contribution in [0.15, 0.2) is 18.3 Å². The molecule has 0 radical (unpaired) electrons. The molecule has 6 nitrogen and oxygen atoms in total. The van der Waals surface area contributed by atoms with Gasteiger partial charge in [-0.05, 0) is 130 Å². The third-order valence-corrected chi connectivity index (χ3v) is 14.6. The Bertz CT molecular complexity index is 1320. The van der Waals surface area contributed by atoms with Crippen LogP contribution >= 0.6 is 0 Å². The molecule has 0 amide bonds. The third-order valence-electron chi connectivity index (χ3n) is 14.6.